The second-order valence-corrected chi connectivity index (χ2v) is 7.71. The van der Waals surface area contributed by atoms with Crippen LogP contribution in [0.1, 0.15) is 12.8 Å². The van der Waals surface area contributed by atoms with Crippen molar-refractivity contribution in [2.24, 2.45) is 11.8 Å². The third-order valence-corrected chi connectivity index (χ3v) is 5.85. The van der Waals surface area contributed by atoms with Crippen LogP contribution in [-0.4, -0.2) is 36.1 Å². The van der Waals surface area contributed by atoms with Crippen molar-refractivity contribution in [3.63, 3.8) is 0 Å². The molecule has 0 aliphatic carbocycles. The van der Waals surface area contributed by atoms with Crippen LogP contribution in [0.15, 0.2) is 46.5 Å². The zero-order chi connectivity index (χ0) is 16.5. The number of rotatable bonds is 3. The molecular weight excluding hydrogens is 336 g/mol. The molecule has 2 fully saturated rings. The van der Waals surface area contributed by atoms with E-state index >= 15 is 0 Å². The molecule has 2 aliphatic rings. The number of hydrogen-bond donors (Lipinski definition) is 2. The lowest BCUT2D eigenvalue weighted by Crippen LogP contribution is -2.26. The van der Waals surface area contributed by atoms with Crippen molar-refractivity contribution >= 4 is 36.9 Å². The average molecular weight is 359 g/mol. The molecule has 4 nitrogen and oxygen atoms in total. The molecule has 24 heavy (non-hydrogen) atoms. The van der Waals surface area contributed by atoms with Crippen LogP contribution in [0.3, 0.4) is 0 Å². The van der Waals surface area contributed by atoms with Crippen LogP contribution in [0, 0.1) is 11.8 Å². The van der Waals surface area contributed by atoms with Gasteiger partial charge in [0.15, 0.2) is 0 Å². The summed E-state index contributed by atoms with van der Waals surface area (Å²) in [6.45, 7) is 4.37. The molecule has 4 heterocycles. The number of anilines is 2. The molecule has 0 amide bonds. The van der Waals surface area contributed by atoms with Gasteiger partial charge in [0.05, 0.1) is 0 Å². The second-order valence-electron chi connectivity index (χ2n) is 6.71. The van der Waals surface area contributed by atoms with Gasteiger partial charge >= 0.3 is 0 Å². The molecule has 0 N–H and O–H groups in total. The molecule has 126 valence electrons. The Morgan fingerprint density at radius 3 is 2.38 bits per heavy atom. The fourth-order valence-electron chi connectivity index (χ4n) is 3.94. The number of aromatic nitrogens is 2. The van der Waals surface area contributed by atoms with Crippen molar-refractivity contribution in [3.05, 3.63) is 36.7 Å². The van der Waals surface area contributed by atoms with Gasteiger partial charge in [0.2, 0.25) is 0 Å². The van der Waals surface area contributed by atoms with Gasteiger partial charge in [-0.05, 0) is 48.9 Å². The molecule has 0 spiro atoms. The topological polar surface area (TPSA) is 32.3 Å². The van der Waals surface area contributed by atoms with Gasteiger partial charge in [-0.25, -0.2) is 9.97 Å². The fraction of sp³-hybridized carbons (Fsp3) is 0.444. The zero-order valence-corrected chi connectivity index (χ0v) is 15.3. The van der Waals surface area contributed by atoms with Crippen molar-refractivity contribution in [1.29, 1.82) is 0 Å². The summed E-state index contributed by atoms with van der Waals surface area (Å²) < 4.78 is 0. The van der Waals surface area contributed by atoms with Crippen molar-refractivity contribution in [3.8, 4) is 0 Å². The molecular formula is C18H22N4S2. The summed E-state index contributed by atoms with van der Waals surface area (Å²) in [5, 5.41) is 0. The molecule has 2 aromatic rings. The van der Waals surface area contributed by atoms with Gasteiger partial charge < -0.3 is 9.80 Å². The van der Waals surface area contributed by atoms with Crippen LogP contribution in [0.5, 0.6) is 0 Å². The van der Waals surface area contributed by atoms with Gasteiger partial charge in [0, 0.05) is 48.4 Å². The van der Waals surface area contributed by atoms with Crippen LogP contribution in [-0.2, 0) is 0 Å². The minimum absolute atomic E-state index is 0.730. The van der Waals surface area contributed by atoms with E-state index in [1.54, 1.807) is 0 Å². The maximum absolute atomic E-state index is 4.56. The van der Waals surface area contributed by atoms with Crippen LogP contribution >= 0.6 is 25.3 Å². The molecule has 0 radical (unpaired) electrons. The molecule has 2 unspecified atom stereocenters. The molecule has 0 bridgehead atoms. The maximum atomic E-state index is 4.56. The molecule has 0 saturated carbocycles. The quantitative estimate of drug-likeness (QED) is 0.824. The zero-order valence-electron chi connectivity index (χ0n) is 13.5. The Bertz CT molecular complexity index is 706. The summed E-state index contributed by atoms with van der Waals surface area (Å²) in [5.74, 6) is 3.57. The van der Waals surface area contributed by atoms with Gasteiger partial charge in [0.25, 0.3) is 0 Å². The summed E-state index contributed by atoms with van der Waals surface area (Å²) in [5.41, 5.74) is 0. The first-order valence-electron chi connectivity index (χ1n) is 8.49. The summed E-state index contributed by atoms with van der Waals surface area (Å²) in [4.78, 5) is 15.7. The van der Waals surface area contributed by atoms with E-state index in [-0.39, 0.29) is 0 Å². The molecule has 0 aromatic carbocycles. The van der Waals surface area contributed by atoms with Crippen molar-refractivity contribution in [2.45, 2.75) is 22.6 Å². The normalized spacial score (nSPS) is 23.9. The van der Waals surface area contributed by atoms with Crippen LogP contribution in [0.25, 0.3) is 0 Å². The van der Waals surface area contributed by atoms with Gasteiger partial charge in [-0.3, -0.25) is 0 Å². The van der Waals surface area contributed by atoms with E-state index in [4.69, 9.17) is 0 Å². The third kappa shape index (κ3) is 3.22. The van der Waals surface area contributed by atoms with E-state index in [2.05, 4.69) is 51.1 Å². The maximum Gasteiger partial charge on any atom is 0.141 e. The van der Waals surface area contributed by atoms with Gasteiger partial charge in [-0.2, -0.15) is 0 Å². The van der Waals surface area contributed by atoms with E-state index in [1.807, 2.05) is 30.6 Å². The summed E-state index contributed by atoms with van der Waals surface area (Å²) in [6, 6.07) is 8.06. The van der Waals surface area contributed by atoms with Crippen LogP contribution < -0.4 is 9.80 Å². The van der Waals surface area contributed by atoms with Crippen molar-refractivity contribution in [2.75, 3.05) is 36.0 Å². The first-order chi connectivity index (χ1) is 11.7. The van der Waals surface area contributed by atoms with Gasteiger partial charge in [0.1, 0.15) is 11.6 Å². The minimum atomic E-state index is 0.730. The molecule has 2 aromatic heterocycles. The third-order valence-electron chi connectivity index (χ3n) is 5.24. The Balaban J connectivity index is 1.40. The lowest BCUT2D eigenvalue weighted by molar-refractivity contribution is 0.392. The smallest absolute Gasteiger partial charge is 0.141 e. The Hall–Kier alpha value is -1.40. The number of hydrogen-bond acceptors (Lipinski definition) is 6. The SMILES string of the molecule is Sc1ccc(N2CCC(C3CCN(c4ncccc4S)C3)C2)nc1. The first-order valence-corrected chi connectivity index (χ1v) is 9.39. The fourth-order valence-corrected chi connectivity index (χ4v) is 4.36. The molecule has 6 heteroatoms. The summed E-state index contributed by atoms with van der Waals surface area (Å²) >= 11 is 8.87. The number of thiol groups is 2. The predicted molar refractivity (Wildman–Crippen MR) is 104 cm³/mol. The highest BCUT2D eigenvalue weighted by Crippen LogP contribution is 2.35. The lowest BCUT2D eigenvalue weighted by atomic mass is 9.91. The highest BCUT2D eigenvalue weighted by atomic mass is 32.1. The average Bonchev–Trinajstić information content (AvgIpc) is 3.25. The first kappa shape index (κ1) is 16.1. The molecule has 2 saturated heterocycles. The second kappa shape index (κ2) is 6.84. The molecule has 2 aliphatic heterocycles. The Kier molecular flexibility index (Phi) is 4.59. The van der Waals surface area contributed by atoms with Crippen molar-refractivity contribution < 1.29 is 0 Å². The predicted octanol–water partition coefficient (Wildman–Crippen LogP) is 3.41. The van der Waals surface area contributed by atoms with Gasteiger partial charge in [-0.15, -0.1) is 25.3 Å². The van der Waals surface area contributed by atoms with E-state index in [1.165, 1.54) is 12.8 Å². The van der Waals surface area contributed by atoms with Crippen LogP contribution in [0.2, 0.25) is 0 Å². The van der Waals surface area contributed by atoms with E-state index in [9.17, 15) is 0 Å². The summed E-state index contributed by atoms with van der Waals surface area (Å²) in [7, 11) is 0. The Labute approximate surface area is 154 Å². The van der Waals surface area contributed by atoms with E-state index in [0.717, 1.165) is 59.4 Å². The minimum Gasteiger partial charge on any atom is -0.356 e. The van der Waals surface area contributed by atoms with Crippen molar-refractivity contribution in [1.82, 2.24) is 9.97 Å². The highest BCUT2D eigenvalue weighted by Gasteiger charge is 2.35. The Morgan fingerprint density at radius 2 is 1.67 bits per heavy atom. The highest BCUT2D eigenvalue weighted by molar-refractivity contribution is 7.80. The lowest BCUT2D eigenvalue weighted by Gasteiger charge is -2.22. The number of pyridine rings is 2. The number of nitrogens with zero attached hydrogens (tertiary/aromatic N) is 4. The largest absolute Gasteiger partial charge is 0.356 e. The monoisotopic (exact) mass is 358 g/mol. The van der Waals surface area contributed by atoms with E-state index in [0.29, 0.717) is 0 Å². The van der Waals surface area contributed by atoms with Crippen LogP contribution in [0.4, 0.5) is 11.6 Å². The summed E-state index contributed by atoms with van der Waals surface area (Å²) in [6.07, 6.45) is 6.18. The molecule has 4 rings (SSSR count). The Morgan fingerprint density at radius 1 is 0.917 bits per heavy atom. The molecule has 2 atom stereocenters. The van der Waals surface area contributed by atoms with Gasteiger partial charge in [-0.1, -0.05) is 0 Å². The standard InChI is InChI=1S/C18H22N4S2/c23-15-3-4-17(20-10-15)21-8-5-13(11-21)14-6-9-22(12-14)18-16(24)2-1-7-19-18/h1-4,7,10,13-14,23-24H,5-6,8-9,11-12H2. The van der Waals surface area contributed by atoms with E-state index < -0.39 is 0 Å².